The predicted octanol–water partition coefficient (Wildman–Crippen LogP) is 1.68. The molecule has 114 valence electrons. The monoisotopic (exact) mass is 384 g/mol. The number of aliphatic imine (C=N–C) groups is 1. The number of carbonyl (C=O) groups excluding carboxylic acids is 1. The highest BCUT2D eigenvalue weighted by Gasteiger charge is 2.26. The maximum atomic E-state index is 11.7. The number of carbonyl (C=O) groups is 1. The van der Waals surface area contributed by atoms with Crippen molar-refractivity contribution < 1.29 is 4.79 Å². The van der Waals surface area contributed by atoms with Gasteiger partial charge in [0.25, 0.3) is 0 Å². The Balaban J connectivity index is 0. The van der Waals surface area contributed by atoms with Crippen molar-refractivity contribution in [2.75, 3.05) is 34.2 Å². The minimum absolute atomic E-state index is 0. The average Bonchev–Trinajstić information content (AvgIpc) is 2.35. The second-order valence-corrected chi connectivity index (χ2v) is 5.14. The molecule has 0 radical (unpaired) electrons. The fourth-order valence-corrected chi connectivity index (χ4v) is 1.60. The van der Waals surface area contributed by atoms with Crippen molar-refractivity contribution in [1.29, 1.82) is 0 Å². The second kappa shape index (κ2) is 10.3. The van der Waals surface area contributed by atoms with Crippen LogP contribution >= 0.6 is 24.0 Å². The molecule has 0 aromatic heterocycles. The quantitative estimate of drug-likeness (QED) is 0.416. The van der Waals surface area contributed by atoms with Gasteiger partial charge in [0, 0.05) is 34.2 Å². The van der Waals surface area contributed by atoms with Gasteiger partial charge in [-0.25, -0.2) is 0 Å². The van der Waals surface area contributed by atoms with Gasteiger partial charge in [-0.05, 0) is 20.3 Å². The predicted molar refractivity (Wildman–Crippen MR) is 92.2 cm³/mol. The Morgan fingerprint density at radius 3 is 2.37 bits per heavy atom. The molecule has 0 rings (SSSR count). The fourth-order valence-electron chi connectivity index (χ4n) is 1.60. The molecule has 0 spiro atoms. The summed E-state index contributed by atoms with van der Waals surface area (Å²) in [6, 6.07) is 0. The van der Waals surface area contributed by atoms with E-state index in [9.17, 15) is 4.79 Å². The average molecular weight is 384 g/mol. The smallest absolute Gasteiger partial charge is 0.227 e. The molecule has 0 aliphatic heterocycles. The third-order valence-electron chi connectivity index (χ3n) is 2.95. The number of halogens is 1. The molecular formula is C13H29IN4O. The number of nitrogens with zero attached hydrogens (tertiary/aromatic N) is 2. The van der Waals surface area contributed by atoms with Gasteiger partial charge in [-0.2, -0.15) is 0 Å². The molecule has 0 aromatic carbocycles. The molecular weight excluding hydrogens is 355 g/mol. The van der Waals surface area contributed by atoms with Gasteiger partial charge in [-0.15, -0.1) is 24.0 Å². The first-order valence-electron chi connectivity index (χ1n) is 6.53. The number of rotatable bonds is 6. The second-order valence-electron chi connectivity index (χ2n) is 5.14. The number of amides is 1. The van der Waals surface area contributed by atoms with Gasteiger partial charge >= 0.3 is 0 Å². The van der Waals surface area contributed by atoms with Crippen LogP contribution < -0.4 is 10.6 Å². The molecule has 0 saturated carbocycles. The molecule has 0 aliphatic carbocycles. The van der Waals surface area contributed by atoms with Crippen molar-refractivity contribution in [1.82, 2.24) is 15.5 Å². The molecule has 0 aromatic rings. The molecule has 0 aliphatic rings. The number of nitrogens with one attached hydrogen (secondary N) is 2. The van der Waals surface area contributed by atoms with Gasteiger partial charge < -0.3 is 15.5 Å². The number of hydrogen-bond acceptors (Lipinski definition) is 2. The molecule has 2 N–H and O–H groups in total. The van der Waals surface area contributed by atoms with Crippen LogP contribution in [0.5, 0.6) is 0 Å². The Kier molecular flexibility index (Phi) is 11.2. The molecule has 1 amide bonds. The molecule has 0 fully saturated rings. The molecule has 19 heavy (non-hydrogen) atoms. The zero-order chi connectivity index (χ0) is 14.2. The first kappa shape index (κ1) is 20.8. The highest BCUT2D eigenvalue weighted by Crippen LogP contribution is 2.13. The van der Waals surface area contributed by atoms with E-state index in [4.69, 9.17) is 0 Å². The minimum atomic E-state index is -0.448. The van der Waals surface area contributed by atoms with Crippen molar-refractivity contribution >= 4 is 35.8 Å². The molecule has 0 atom stereocenters. The van der Waals surface area contributed by atoms with Crippen LogP contribution in [0.3, 0.4) is 0 Å². The fraction of sp³-hybridized carbons (Fsp3) is 0.846. The van der Waals surface area contributed by atoms with E-state index in [2.05, 4.69) is 27.4 Å². The molecule has 0 saturated heterocycles. The number of unbranched alkanes of at least 4 members (excludes halogenated alkanes) is 1. The van der Waals surface area contributed by atoms with E-state index >= 15 is 0 Å². The van der Waals surface area contributed by atoms with Gasteiger partial charge in [0.1, 0.15) is 0 Å². The van der Waals surface area contributed by atoms with Gasteiger partial charge in [-0.3, -0.25) is 9.79 Å². The summed E-state index contributed by atoms with van der Waals surface area (Å²) in [7, 11) is 5.43. The Labute approximate surface area is 134 Å². The van der Waals surface area contributed by atoms with Crippen LogP contribution in [-0.2, 0) is 4.79 Å². The Hall–Kier alpha value is -0.530. The van der Waals surface area contributed by atoms with Crippen LogP contribution in [0.25, 0.3) is 0 Å². The van der Waals surface area contributed by atoms with Crippen LogP contribution in [0.4, 0.5) is 0 Å². The third-order valence-corrected chi connectivity index (χ3v) is 2.95. The van der Waals surface area contributed by atoms with Gasteiger partial charge in [0.15, 0.2) is 5.96 Å². The van der Waals surface area contributed by atoms with E-state index < -0.39 is 5.41 Å². The number of hydrogen-bond donors (Lipinski definition) is 2. The van der Waals surface area contributed by atoms with E-state index in [0.29, 0.717) is 6.54 Å². The minimum Gasteiger partial charge on any atom is -0.359 e. The Morgan fingerprint density at radius 2 is 1.95 bits per heavy atom. The maximum Gasteiger partial charge on any atom is 0.227 e. The lowest BCUT2D eigenvalue weighted by molar-refractivity contribution is -0.128. The van der Waals surface area contributed by atoms with E-state index in [1.165, 1.54) is 0 Å². The third kappa shape index (κ3) is 7.59. The van der Waals surface area contributed by atoms with Crippen LogP contribution in [0.15, 0.2) is 4.99 Å². The summed E-state index contributed by atoms with van der Waals surface area (Å²) in [5.74, 6) is 0.863. The summed E-state index contributed by atoms with van der Waals surface area (Å²) in [5, 5.41) is 5.93. The maximum absolute atomic E-state index is 11.7. The molecule has 0 bridgehead atoms. The summed E-state index contributed by atoms with van der Waals surface area (Å²) in [4.78, 5) is 18.0. The summed E-state index contributed by atoms with van der Waals surface area (Å²) in [5.41, 5.74) is -0.448. The van der Waals surface area contributed by atoms with Gasteiger partial charge in [0.2, 0.25) is 5.91 Å². The van der Waals surface area contributed by atoms with Crippen molar-refractivity contribution in [3.05, 3.63) is 0 Å². The first-order valence-corrected chi connectivity index (χ1v) is 6.53. The standard InChI is InChI=1S/C13H28N4O.HI/c1-7-8-9-17(6)12(15-5)16-10-13(2,3)11(18)14-4;/h7-10H2,1-6H3,(H,14,18)(H,15,16);1H. The van der Waals surface area contributed by atoms with E-state index in [-0.39, 0.29) is 29.9 Å². The van der Waals surface area contributed by atoms with Crippen molar-refractivity contribution in [2.45, 2.75) is 33.6 Å². The number of guanidine groups is 1. The summed E-state index contributed by atoms with van der Waals surface area (Å²) < 4.78 is 0. The van der Waals surface area contributed by atoms with E-state index in [1.54, 1.807) is 14.1 Å². The Morgan fingerprint density at radius 1 is 1.37 bits per heavy atom. The van der Waals surface area contributed by atoms with Gasteiger partial charge in [-0.1, -0.05) is 13.3 Å². The van der Waals surface area contributed by atoms with Crippen LogP contribution in [0.1, 0.15) is 33.6 Å². The van der Waals surface area contributed by atoms with E-state index in [0.717, 1.165) is 25.3 Å². The normalized spacial score (nSPS) is 11.6. The molecule has 0 unspecified atom stereocenters. The largest absolute Gasteiger partial charge is 0.359 e. The molecule has 5 nitrogen and oxygen atoms in total. The Bertz CT molecular complexity index is 292. The highest BCUT2D eigenvalue weighted by molar-refractivity contribution is 14.0. The highest BCUT2D eigenvalue weighted by atomic mass is 127. The zero-order valence-electron chi connectivity index (χ0n) is 13.0. The lowest BCUT2D eigenvalue weighted by atomic mass is 9.92. The SMILES string of the molecule is CCCCN(C)C(=NC)NCC(C)(C)C(=O)NC.I. The van der Waals surface area contributed by atoms with E-state index in [1.807, 2.05) is 20.9 Å². The van der Waals surface area contributed by atoms with Crippen LogP contribution in [0, 0.1) is 5.41 Å². The lowest BCUT2D eigenvalue weighted by Gasteiger charge is -2.27. The topological polar surface area (TPSA) is 56.7 Å². The van der Waals surface area contributed by atoms with Crippen molar-refractivity contribution in [3.63, 3.8) is 0 Å². The zero-order valence-corrected chi connectivity index (χ0v) is 15.4. The van der Waals surface area contributed by atoms with Crippen LogP contribution in [0.2, 0.25) is 0 Å². The summed E-state index contributed by atoms with van der Waals surface area (Å²) in [6.45, 7) is 7.53. The van der Waals surface area contributed by atoms with Gasteiger partial charge in [0.05, 0.1) is 5.41 Å². The van der Waals surface area contributed by atoms with Crippen LogP contribution in [-0.4, -0.2) is 51.0 Å². The summed E-state index contributed by atoms with van der Waals surface area (Å²) in [6.07, 6.45) is 2.29. The van der Waals surface area contributed by atoms with Crippen molar-refractivity contribution in [2.24, 2.45) is 10.4 Å². The summed E-state index contributed by atoms with van der Waals surface area (Å²) >= 11 is 0. The molecule has 6 heteroatoms. The first-order chi connectivity index (χ1) is 8.38. The molecule has 0 heterocycles. The van der Waals surface area contributed by atoms with Crippen molar-refractivity contribution in [3.8, 4) is 0 Å². The lowest BCUT2D eigenvalue weighted by Crippen LogP contribution is -2.47.